The average molecular weight is 199 g/mol. The lowest BCUT2D eigenvalue weighted by Gasteiger charge is -2.19. The molecule has 0 saturated carbocycles. The standard InChI is InChI=1S/C12H25NO/c1-3-4-5-6-7-11(13)12-9-8-10(2)14-12/h10-12H,3-9,13H2,1-2H3. The van der Waals surface area contributed by atoms with E-state index in [0.29, 0.717) is 12.2 Å². The minimum Gasteiger partial charge on any atom is -0.374 e. The fourth-order valence-electron chi connectivity index (χ4n) is 2.14. The lowest BCUT2D eigenvalue weighted by atomic mass is 10.0. The molecule has 1 saturated heterocycles. The summed E-state index contributed by atoms with van der Waals surface area (Å²) < 4.78 is 5.76. The van der Waals surface area contributed by atoms with Gasteiger partial charge < -0.3 is 10.5 Å². The van der Waals surface area contributed by atoms with Crippen LogP contribution in [-0.2, 0) is 4.74 Å². The summed E-state index contributed by atoms with van der Waals surface area (Å²) in [4.78, 5) is 0. The van der Waals surface area contributed by atoms with Crippen molar-refractivity contribution < 1.29 is 4.74 Å². The predicted molar refractivity (Wildman–Crippen MR) is 60.3 cm³/mol. The molecule has 0 spiro atoms. The molecule has 1 aliphatic rings. The van der Waals surface area contributed by atoms with Crippen molar-refractivity contribution in [2.75, 3.05) is 0 Å². The van der Waals surface area contributed by atoms with Gasteiger partial charge in [-0.05, 0) is 26.2 Å². The van der Waals surface area contributed by atoms with Crippen molar-refractivity contribution in [2.45, 2.75) is 77.0 Å². The molecule has 0 aromatic carbocycles. The summed E-state index contributed by atoms with van der Waals surface area (Å²) in [5.41, 5.74) is 6.10. The second kappa shape index (κ2) is 6.41. The van der Waals surface area contributed by atoms with Crippen LogP contribution in [0.3, 0.4) is 0 Å². The van der Waals surface area contributed by atoms with Crippen LogP contribution >= 0.6 is 0 Å². The molecule has 0 aliphatic carbocycles. The van der Waals surface area contributed by atoms with Gasteiger partial charge in [0, 0.05) is 6.04 Å². The van der Waals surface area contributed by atoms with E-state index in [-0.39, 0.29) is 6.04 Å². The third kappa shape index (κ3) is 3.97. The maximum Gasteiger partial charge on any atom is 0.0730 e. The highest BCUT2D eigenvalue weighted by atomic mass is 16.5. The molecule has 14 heavy (non-hydrogen) atoms. The van der Waals surface area contributed by atoms with Crippen LogP contribution in [-0.4, -0.2) is 18.2 Å². The van der Waals surface area contributed by atoms with Crippen molar-refractivity contribution in [1.82, 2.24) is 0 Å². The van der Waals surface area contributed by atoms with Crippen LogP contribution in [0.1, 0.15) is 58.8 Å². The molecule has 1 heterocycles. The van der Waals surface area contributed by atoms with Gasteiger partial charge in [0.1, 0.15) is 0 Å². The van der Waals surface area contributed by atoms with Crippen LogP contribution < -0.4 is 5.73 Å². The van der Waals surface area contributed by atoms with Gasteiger partial charge >= 0.3 is 0 Å². The summed E-state index contributed by atoms with van der Waals surface area (Å²) in [5.74, 6) is 0. The van der Waals surface area contributed by atoms with Gasteiger partial charge in [-0.15, -0.1) is 0 Å². The first-order valence-corrected chi connectivity index (χ1v) is 6.15. The molecule has 1 aliphatic heterocycles. The molecule has 2 nitrogen and oxygen atoms in total. The Hall–Kier alpha value is -0.0800. The summed E-state index contributed by atoms with van der Waals surface area (Å²) in [7, 11) is 0. The van der Waals surface area contributed by atoms with E-state index in [1.54, 1.807) is 0 Å². The van der Waals surface area contributed by atoms with E-state index in [1.807, 2.05) is 0 Å². The fourth-order valence-corrected chi connectivity index (χ4v) is 2.14. The van der Waals surface area contributed by atoms with E-state index in [4.69, 9.17) is 10.5 Å². The zero-order valence-corrected chi connectivity index (χ0v) is 9.67. The lowest BCUT2D eigenvalue weighted by Crippen LogP contribution is -2.34. The van der Waals surface area contributed by atoms with Gasteiger partial charge in [-0.25, -0.2) is 0 Å². The van der Waals surface area contributed by atoms with Crippen LogP contribution in [0, 0.1) is 0 Å². The van der Waals surface area contributed by atoms with Gasteiger partial charge in [-0.1, -0.05) is 32.6 Å². The average Bonchev–Trinajstić information content (AvgIpc) is 2.59. The first-order chi connectivity index (χ1) is 6.74. The van der Waals surface area contributed by atoms with Crippen LogP contribution in [0.15, 0.2) is 0 Å². The third-order valence-electron chi connectivity index (χ3n) is 3.13. The lowest BCUT2D eigenvalue weighted by molar-refractivity contribution is 0.0382. The van der Waals surface area contributed by atoms with Crippen molar-refractivity contribution in [3.05, 3.63) is 0 Å². The van der Waals surface area contributed by atoms with Crippen LogP contribution in [0.25, 0.3) is 0 Å². The Morgan fingerprint density at radius 3 is 2.64 bits per heavy atom. The maximum atomic E-state index is 6.10. The number of unbranched alkanes of at least 4 members (excludes halogenated alkanes) is 3. The number of rotatable bonds is 6. The van der Waals surface area contributed by atoms with Crippen LogP contribution in [0.4, 0.5) is 0 Å². The fraction of sp³-hybridized carbons (Fsp3) is 1.00. The van der Waals surface area contributed by atoms with Crippen molar-refractivity contribution in [3.8, 4) is 0 Å². The maximum absolute atomic E-state index is 6.10. The topological polar surface area (TPSA) is 35.2 Å². The summed E-state index contributed by atoms with van der Waals surface area (Å²) in [6.45, 7) is 4.38. The molecule has 3 atom stereocenters. The summed E-state index contributed by atoms with van der Waals surface area (Å²) in [6.07, 6.45) is 9.49. The molecule has 1 rings (SSSR count). The van der Waals surface area contributed by atoms with Gasteiger partial charge in [0.25, 0.3) is 0 Å². The highest BCUT2D eigenvalue weighted by molar-refractivity contribution is 4.80. The smallest absolute Gasteiger partial charge is 0.0730 e. The van der Waals surface area contributed by atoms with Crippen molar-refractivity contribution in [2.24, 2.45) is 5.73 Å². The van der Waals surface area contributed by atoms with Crippen molar-refractivity contribution in [3.63, 3.8) is 0 Å². The molecule has 0 bridgehead atoms. The van der Waals surface area contributed by atoms with Gasteiger partial charge in [0.2, 0.25) is 0 Å². The Morgan fingerprint density at radius 2 is 2.07 bits per heavy atom. The second-order valence-electron chi connectivity index (χ2n) is 4.58. The van der Waals surface area contributed by atoms with E-state index in [2.05, 4.69) is 13.8 Å². The van der Waals surface area contributed by atoms with Crippen molar-refractivity contribution >= 4 is 0 Å². The van der Waals surface area contributed by atoms with Crippen LogP contribution in [0.2, 0.25) is 0 Å². The second-order valence-corrected chi connectivity index (χ2v) is 4.58. The minimum atomic E-state index is 0.275. The van der Waals surface area contributed by atoms with Gasteiger partial charge in [-0.3, -0.25) is 0 Å². The Balaban J connectivity index is 2.06. The summed E-state index contributed by atoms with van der Waals surface area (Å²) in [6, 6.07) is 0.275. The predicted octanol–water partition coefficient (Wildman–Crippen LogP) is 2.85. The molecular weight excluding hydrogens is 174 g/mol. The Morgan fingerprint density at radius 1 is 1.29 bits per heavy atom. The van der Waals surface area contributed by atoms with E-state index < -0.39 is 0 Å². The highest BCUT2D eigenvalue weighted by Crippen LogP contribution is 2.23. The minimum absolute atomic E-state index is 0.275. The Labute approximate surface area is 88.2 Å². The van der Waals surface area contributed by atoms with Crippen LogP contribution in [0.5, 0.6) is 0 Å². The van der Waals surface area contributed by atoms with E-state index in [1.165, 1.54) is 32.1 Å². The molecule has 2 N–H and O–H groups in total. The normalized spacial score (nSPS) is 29.4. The molecule has 3 unspecified atom stereocenters. The molecule has 84 valence electrons. The highest BCUT2D eigenvalue weighted by Gasteiger charge is 2.26. The molecule has 0 amide bonds. The zero-order valence-electron chi connectivity index (χ0n) is 9.67. The molecule has 0 aromatic heterocycles. The SMILES string of the molecule is CCCCCCC(N)C1CCC(C)O1. The van der Waals surface area contributed by atoms with Crippen molar-refractivity contribution in [1.29, 1.82) is 0 Å². The first-order valence-electron chi connectivity index (χ1n) is 6.15. The first kappa shape index (κ1) is 12.0. The molecular formula is C12H25NO. The summed E-state index contributed by atoms with van der Waals surface area (Å²) >= 11 is 0. The largest absolute Gasteiger partial charge is 0.374 e. The third-order valence-corrected chi connectivity index (χ3v) is 3.13. The number of ether oxygens (including phenoxy) is 1. The van der Waals surface area contributed by atoms with Gasteiger partial charge in [0.15, 0.2) is 0 Å². The Bertz CT molecular complexity index is 149. The van der Waals surface area contributed by atoms with E-state index in [9.17, 15) is 0 Å². The number of hydrogen-bond acceptors (Lipinski definition) is 2. The van der Waals surface area contributed by atoms with E-state index in [0.717, 1.165) is 12.8 Å². The molecule has 0 aromatic rings. The van der Waals surface area contributed by atoms with Gasteiger partial charge in [0.05, 0.1) is 12.2 Å². The molecule has 0 radical (unpaired) electrons. The van der Waals surface area contributed by atoms with Gasteiger partial charge in [-0.2, -0.15) is 0 Å². The number of nitrogens with two attached hydrogens (primary N) is 1. The van der Waals surface area contributed by atoms with E-state index >= 15 is 0 Å². The number of hydrogen-bond donors (Lipinski definition) is 1. The quantitative estimate of drug-likeness (QED) is 0.668. The molecule has 1 fully saturated rings. The zero-order chi connectivity index (χ0) is 10.4. The monoisotopic (exact) mass is 199 g/mol. The molecule has 2 heteroatoms. The summed E-state index contributed by atoms with van der Waals surface area (Å²) in [5, 5.41) is 0. The Kier molecular flexibility index (Phi) is 5.49.